The summed E-state index contributed by atoms with van der Waals surface area (Å²) >= 11 is 0. The van der Waals surface area contributed by atoms with Gasteiger partial charge >= 0.3 is 0 Å². The summed E-state index contributed by atoms with van der Waals surface area (Å²) in [6.45, 7) is 6.10. The van der Waals surface area contributed by atoms with Crippen LogP contribution in [0.4, 0.5) is 17.6 Å². The molecule has 0 saturated carbocycles. The minimum absolute atomic E-state index is 0.0695. The SMILES string of the molecule is C=CCCc1ccc(-c2ccc(-c3ccc(C4CCC(CCC)OC4)c(F)c3F)c(F)c2F)cc1. The number of allylic oxidation sites excluding steroid dienone is 1. The zero-order chi connectivity index (χ0) is 24.9. The van der Waals surface area contributed by atoms with Crippen LogP contribution in [0.15, 0.2) is 61.2 Å². The summed E-state index contributed by atoms with van der Waals surface area (Å²) in [6, 6.07) is 12.7. The Morgan fingerprint density at radius 1 is 0.829 bits per heavy atom. The molecule has 1 aliphatic heterocycles. The average molecular weight is 483 g/mol. The molecule has 1 nitrogen and oxygen atoms in total. The largest absolute Gasteiger partial charge is 0.378 e. The molecule has 2 atom stereocenters. The zero-order valence-corrected chi connectivity index (χ0v) is 19.9. The van der Waals surface area contributed by atoms with Crippen LogP contribution in [0.25, 0.3) is 22.3 Å². The van der Waals surface area contributed by atoms with Crippen LogP contribution in [0.3, 0.4) is 0 Å². The smallest absolute Gasteiger partial charge is 0.167 e. The van der Waals surface area contributed by atoms with E-state index in [0.717, 1.165) is 37.7 Å². The van der Waals surface area contributed by atoms with E-state index in [1.54, 1.807) is 12.1 Å². The third-order valence-electron chi connectivity index (χ3n) is 6.81. The number of halogens is 4. The summed E-state index contributed by atoms with van der Waals surface area (Å²) in [7, 11) is 0. The highest BCUT2D eigenvalue weighted by Crippen LogP contribution is 2.37. The Balaban J connectivity index is 1.59. The zero-order valence-electron chi connectivity index (χ0n) is 19.9. The quantitative estimate of drug-likeness (QED) is 0.230. The van der Waals surface area contributed by atoms with Crippen molar-refractivity contribution in [1.29, 1.82) is 0 Å². The van der Waals surface area contributed by atoms with Gasteiger partial charge in [0.15, 0.2) is 23.3 Å². The van der Waals surface area contributed by atoms with Gasteiger partial charge in [0.05, 0.1) is 12.7 Å². The van der Waals surface area contributed by atoms with Crippen LogP contribution < -0.4 is 0 Å². The fraction of sp³-hybridized carbons (Fsp3) is 0.333. The van der Waals surface area contributed by atoms with E-state index >= 15 is 17.6 Å². The molecule has 0 spiro atoms. The summed E-state index contributed by atoms with van der Waals surface area (Å²) in [6.07, 6.45) is 7.06. The van der Waals surface area contributed by atoms with Gasteiger partial charge in [-0.2, -0.15) is 0 Å². The number of ether oxygens (including phenoxy) is 1. The van der Waals surface area contributed by atoms with Gasteiger partial charge < -0.3 is 4.74 Å². The van der Waals surface area contributed by atoms with E-state index < -0.39 is 23.3 Å². The molecule has 184 valence electrons. The Kier molecular flexibility index (Phi) is 8.07. The summed E-state index contributed by atoms with van der Waals surface area (Å²) in [4.78, 5) is 0. The Morgan fingerprint density at radius 3 is 2.09 bits per heavy atom. The van der Waals surface area contributed by atoms with Crippen molar-refractivity contribution in [1.82, 2.24) is 0 Å². The van der Waals surface area contributed by atoms with Crippen molar-refractivity contribution in [3.05, 3.63) is 95.6 Å². The first-order valence-corrected chi connectivity index (χ1v) is 12.2. The molecule has 1 fully saturated rings. The van der Waals surface area contributed by atoms with Crippen molar-refractivity contribution in [2.45, 2.75) is 57.5 Å². The monoisotopic (exact) mass is 482 g/mol. The second-order valence-corrected chi connectivity index (χ2v) is 9.16. The van der Waals surface area contributed by atoms with Crippen LogP contribution in [0, 0.1) is 23.3 Å². The summed E-state index contributed by atoms with van der Waals surface area (Å²) in [5, 5.41) is 0. The Hall–Kier alpha value is -2.92. The van der Waals surface area contributed by atoms with Gasteiger partial charge in [-0.15, -0.1) is 6.58 Å². The van der Waals surface area contributed by atoms with E-state index in [0.29, 0.717) is 18.6 Å². The topological polar surface area (TPSA) is 9.23 Å². The Bertz CT molecular complexity index is 1180. The molecular formula is C30H30F4O. The first kappa shape index (κ1) is 25.2. The molecular weight excluding hydrogens is 452 g/mol. The molecule has 0 aromatic heterocycles. The predicted octanol–water partition coefficient (Wildman–Crippen LogP) is 8.76. The second kappa shape index (κ2) is 11.2. The number of hydrogen-bond donors (Lipinski definition) is 0. The molecule has 2 unspecified atom stereocenters. The van der Waals surface area contributed by atoms with Crippen molar-refractivity contribution < 1.29 is 22.3 Å². The van der Waals surface area contributed by atoms with Gasteiger partial charge in [0, 0.05) is 22.6 Å². The van der Waals surface area contributed by atoms with Gasteiger partial charge in [-0.05, 0) is 48.8 Å². The summed E-state index contributed by atoms with van der Waals surface area (Å²) in [5.74, 6) is -4.74. The van der Waals surface area contributed by atoms with Gasteiger partial charge in [-0.25, -0.2) is 17.6 Å². The van der Waals surface area contributed by atoms with E-state index in [2.05, 4.69) is 13.5 Å². The van der Waals surface area contributed by atoms with Crippen LogP contribution in [-0.2, 0) is 11.2 Å². The Labute approximate surface area is 204 Å². The van der Waals surface area contributed by atoms with Crippen molar-refractivity contribution >= 4 is 0 Å². The summed E-state index contributed by atoms with van der Waals surface area (Å²) in [5.41, 5.74) is 1.26. The molecule has 35 heavy (non-hydrogen) atoms. The third kappa shape index (κ3) is 5.35. The van der Waals surface area contributed by atoms with Crippen molar-refractivity contribution in [3.8, 4) is 22.3 Å². The highest BCUT2D eigenvalue weighted by molar-refractivity contribution is 5.72. The molecule has 4 rings (SSSR count). The van der Waals surface area contributed by atoms with Crippen molar-refractivity contribution in [2.24, 2.45) is 0 Å². The highest BCUT2D eigenvalue weighted by Gasteiger charge is 2.28. The maximum Gasteiger partial charge on any atom is 0.167 e. The van der Waals surface area contributed by atoms with Crippen LogP contribution >= 0.6 is 0 Å². The highest BCUT2D eigenvalue weighted by atomic mass is 19.2. The molecule has 0 N–H and O–H groups in total. The van der Waals surface area contributed by atoms with E-state index in [1.165, 1.54) is 24.3 Å². The van der Waals surface area contributed by atoms with E-state index in [9.17, 15) is 0 Å². The number of aryl methyl sites for hydroxylation is 1. The number of hydrogen-bond acceptors (Lipinski definition) is 1. The van der Waals surface area contributed by atoms with Crippen molar-refractivity contribution in [2.75, 3.05) is 6.61 Å². The lowest BCUT2D eigenvalue weighted by Crippen LogP contribution is -2.25. The summed E-state index contributed by atoms with van der Waals surface area (Å²) < 4.78 is 66.0. The Morgan fingerprint density at radius 2 is 1.46 bits per heavy atom. The van der Waals surface area contributed by atoms with Crippen LogP contribution in [-0.4, -0.2) is 12.7 Å². The maximum absolute atomic E-state index is 15.1. The maximum atomic E-state index is 15.1. The first-order valence-electron chi connectivity index (χ1n) is 12.2. The fourth-order valence-electron chi connectivity index (χ4n) is 4.79. The average Bonchev–Trinajstić information content (AvgIpc) is 2.87. The predicted molar refractivity (Wildman–Crippen MR) is 132 cm³/mol. The fourth-order valence-corrected chi connectivity index (χ4v) is 4.79. The van der Waals surface area contributed by atoms with Gasteiger partial charge in [0.1, 0.15) is 0 Å². The van der Waals surface area contributed by atoms with Gasteiger partial charge in [0.25, 0.3) is 0 Å². The third-order valence-corrected chi connectivity index (χ3v) is 6.81. The lowest BCUT2D eigenvalue weighted by Gasteiger charge is -2.29. The van der Waals surface area contributed by atoms with Crippen LogP contribution in [0.2, 0.25) is 0 Å². The van der Waals surface area contributed by atoms with Gasteiger partial charge in [0.2, 0.25) is 0 Å². The van der Waals surface area contributed by atoms with E-state index in [-0.39, 0.29) is 34.3 Å². The molecule has 1 aliphatic rings. The number of benzene rings is 3. The molecule has 0 amide bonds. The minimum Gasteiger partial charge on any atom is -0.378 e. The van der Waals surface area contributed by atoms with Gasteiger partial charge in [-0.1, -0.05) is 68.0 Å². The number of rotatable bonds is 8. The van der Waals surface area contributed by atoms with E-state index in [4.69, 9.17) is 4.74 Å². The van der Waals surface area contributed by atoms with Crippen molar-refractivity contribution in [3.63, 3.8) is 0 Å². The molecule has 5 heteroatoms. The van der Waals surface area contributed by atoms with Gasteiger partial charge in [-0.3, -0.25) is 0 Å². The molecule has 0 radical (unpaired) electrons. The minimum atomic E-state index is -1.20. The molecule has 1 heterocycles. The standard InChI is InChI=1S/C30H30F4O/c1-3-5-7-19-8-10-20(11-9-19)23-14-16-25(29(33)27(23)31)26-17-15-24(28(32)30(26)34)21-12-13-22(6-4-2)35-18-21/h3,8-11,14-17,21-22H,1,4-7,12-13,18H2,2H3. The molecule has 1 saturated heterocycles. The van der Waals surface area contributed by atoms with Crippen LogP contribution in [0.1, 0.15) is 56.1 Å². The first-order chi connectivity index (χ1) is 16.9. The molecule has 0 aliphatic carbocycles. The molecule has 3 aromatic rings. The van der Waals surface area contributed by atoms with E-state index in [1.807, 2.05) is 18.2 Å². The molecule has 3 aromatic carbocycles. The van der Waals surface area contributed by atoms with Crippen LogP contribution in [0.5, 0.6) is 0 Å². The normalized spacial score (nSPS) is 18.0. The molecule has 0 bridgehead atoms. The lowest BCUT2D eigenvalue weighted by molar-refractivity contribution is -0.00181. The second-order valence-electron chi connectivity index (χ2n) is 9.16. The lowest BCUT2D eigenvalue weighted by atomic mass is 9.88.